The van der Waals surface area contributed by atoms with Crippen molar-refractivity contribution in [1.29, 1.82) is 0 Å². The van der Waals surface area contributed by atoms with E-state index in [1.54, 1.807) is 29.2 Å². The molecule has 2 aliphatic heterocycles. The predicted molar refractivity (Wildman–Crippen MR) is 181 cm³/mol. The van der Waals surface area contributed by atoms with E-state index in [0.29, 0.717) is 42.7 Å². The molecule has 5 rings (SSSR count). The predicted octanol–water partition coefficient (Wildman–Crippen LogP) is 2.88. The number of carboxylic acids is 1. The van der Waals surface area contributed by atoms with Gasteiger partial charge >= 0.3 is 5.97 Å². The average Bonchev–Trinajstić information content (AvgIpc) is 3.58. The number of nitrogens with one attached hydrogen (secondary N) is 2. The van der Waals surface area contributed by atoms with Gasteiger partial charge in [-0.15, -0.1) is 11.8 Å². The first-order valence-electron chi connectivity index (χ1n) is 16.4. The number of nitrogens with two attached hydrogens (primary N) is 1. The number of halogens is 1. The molecular weight excluding hydrogens is 655 g/mol. The van der Waals surface area contributed by atoms with Crippen LogP contribution in [0.2, 0.25) is 1.41 Å². The lowest BCUT2D eigenvalue weighted by Gasteiger charge is -2.47. The number of aliphatic hydroxyl groups is 1. The summed E-state index contributed by atoms with van der Waals surface area (Å²) >= 11 is 1.33. The highest BCUT2D eigenvalue weighted by Gasteiger charge is 2.49. The summed E-state index contributed by atoms with van der Waals surface area (Å²) in [6.45, 7) is -0.227. The number of anilines is 1. The van der Waals surface area contributed by atoms with Crippen molar-refractivity contribution in [2.24, 2.45) is 5.73 Å². The monoisotopic (exact) mass is 695 g/mol. The highest BCUT2D eigenvalue weighted by molar-refractivity contribution is 8.00. The number of carbonyl (C=O) groups excluding carboxylic acids is 3. The molecule has 3 aromatic carbocycles. The van der Waals surface area contributed by atoms with Gasteiger partial charge in [0.05, 0.1) is 25.3 Å². The lowest BCUT2D eigenvalue weighted by molar-refractivity contribution is -0.142. The molecular formula is C35H39FN4O8S. The van der Waals surface area contributed by atoms with Crippen molar-refractivity contribution in [3.8, 4) is 11.5 Å². The Hall–Kier alpha value is -4.66. The fourth-order valence-electron chi connectivity index (χ4n) is 5.65. The zero-order valence-electron chi connectivity index (χ0n) is 27.6. The van der Waals surface area contributed by atoms with Crippen LogP contribution in [0.4, 0.5) is 10.1 Å². The molecule has 0 spiro atoms. The van der Waals surface area contributed by atoms with E-state index in [1.807, 2.05) is 18.2 Å². The number of thioether (sulfide) groups is 1. The van der Waals surface area contributed by atoms with E-state index in [4.69, 9.17) is 16.6 Å². The molecule has 260 valence electrons. The van der Waals surface area contributed by atoms with Crippen molar-refractivity contribution < 1.29 is 44.7 Å². The largest absolute Gasteiger partial charge is 0.493 e. The third kappa shape index (κ3) is 9.08. The second-order valence-electron chi connectivity index (χ2n) is 11.7. The van der Waals surface area contributed by atoms with Crippen LogP contribution >= 0.6 is 11.8 Å². The molecule has 0 aliphatic carbocycles. The maximum atomic E-state index is 13.7. The van der Waals surface area contributed by atoms with Gasteiger partial charge in [-0.3, -0.25) is 14.4 Å². The number of unbranched alkanes of at least 4 members (excludes halogenated alkanes) is 1. The third-order valence-electron chi connectivity index (χ3n) is 8.25. The number of nitrogens with zero attached hydrogens (tertiary/aromatic N) is 1. The molecule has 2 aliphatic rings. The third-order valence-corrected chi connectivity index (χ3v) is 9.57. The van der Waals surface area contributed by atoms with Gasteiger partial charge in [0.25, 0.3) is 5.91 Å². The number of amides is 3. The van der Waals surface area contributed by atoms with Crippen LogP contribution in [0.3, 0.4) is 0 Å². The number of hydrogen-bond acceptors (Lipinski definition) is 9. The first kappa shape index (κ1) is 34.2. The van der Waals surface area contributed by atoms with Crippen molar-refractivity contribution >= 4 is 41.1 Å². The van der Waals surface area contributed by atoms with E-state index in [1.165, 1.54) is 36.0 Å². The number of fused-ring (bicyclic) bond motifs is 1. The van der Waals surface area contributed by atoms with Crippen LogP contribution in [0.15, 0.2) is 66.7 Å². The van der Waals surface area contributed by atoms with Crippen molar-refractivity contribution in [3.05, 3.63) is 89.2 Å². The second kappa shape index (κ2) is 16.6. The van der Waals surface area contributed by atoms with Crippen LogP contribution < -0.4 is 30.7 Å². The molecule has 14 heteroatoms. The molecule has 49 heavy (non-hydrogen) atoms. The summed E-state index contributed by atoms with van der Waals surface area (Å²) in [5.74, 6) is -2.07. The zero-order valence-corrected chi connectivity index (χ0v) is 27.4. The van der Waals surface area contributed by atoms with Gasteiger partial charge in [0.2, 0.25) is 11.8 Å². The zero-order chi connectivity index (χ0) is 35.8. The molecule has 1 fully saturated rings. The van der Waals surface area contributed by atoms with Gasteiger partial charge in [-0.25, -0.2) is 9.18 Å². The lowest BCUT2D eigenvalue weighted by Crippen LogP contribution is -2.57. The maximum absolute atomic E-state index is 13.7. The number of aliphatic carboxylic acids is 1. The fraction of sp³-hybridized carbons (Fsp3) is 0.371. The number of carboxylic acid groups (broad SMARTS) is 1. The number of hydrogen-bond donors (Lipinski definition) is 5. The van der Waals surface area contributed by atoms with Crippen LogP contribution in [0.25, 0.3) is 0 Å². The standard InChI is InChI=1S/C35H39FN4O8S/c36-24-7-9-25(10-8-24)40-32(33(34(40)44)49-20-28(41)22-6-13-29-23(17-22)14-16-47-29)21-4-11-26(12-5-21)48-19-31(43)38-18-30(42)39-27(35(45)46)3-1-2-15-37/h4-13,17,27-28,32-33,41H,1-3,14-16,18-20,37H2,(H,38,43)(H,39,42)(H,45,46)/t27-,28?,32+,33+/m0/s1/i/hD. The molecule has 3 aromatic rings. The number of benzene rings is 3. The molecule has 0 aromatic heterocycles. The first-order valence-corrected chi connectivity index (χ1v) is 17.0. The Kier molecular flexibility index (Phi) is 11.6. The molecule has 1 saturated heterocycles. The Morgan fingerprint density at radius 1 is 1.10 bits per heavy atom. The second-order valence-corrected chi connectivity index (χ2v) is 12.8. The Morgan fingerprint density at radius 2 is 1.86 bits per heavy atom. The molecule has 0 saturated carbocycles. The molecule has 4 atom stereocenters. The molecule has 2 heterocycles. The van der Waals surface area contributed by atoms with Gasteiger partial charge in [-0.2, -0.15) is 0 Å². The maximum Gasteiger partial charge on any atom is 0.326 e. The van der Waals surface area contributed by atoms with E-state index < -0.39 is 60.2 Å². The highest BCUT2D eigenvalue weighted by Crippen LogP contribution is 2.46. The molecule has 0 radical (unpaired) electrons. The summed E-state index contributed by atoms with van der Waals surface area (Å²) in [6.07, 6.45) is 1.24. The highest BCUT2D eigenvalue weighted by atomic mass is 32.2. The molecule has 0 bridgehead atoms. The van der Waals surface area contributed by atoms with Gasteiger partial charge < -0.3 is 40.9 Å². The molecule has 1 unspecified atom stereocenters. The van der Waals surface area contributed by atoms with Crippen molar-refractivity contribution in [1.82, 2.24) is 10.6 Å². The van der Waals surface area contributed by atoms with Crippen LogP contribution in [0.1, 0.15) is 48.1 Å². The summed E-state index contributed by atoms with van der Waals surface area (Å²) in [6, 6.07) is 16.3. The number of ether oxygens (including phenoxy) is 2. The summed E-state index contributed by atoms with van der Waals surface area (Å²) in [5, 5.41) is 22.5. The van der Waals surface area contributed by atoms with Gasteiger partial charge in [0.1, 0.15) is 28.6 Å². The Balaban J connectivity index is 1.19. The van der Waals surface area contributed by atoms with Crippen molar-refractivity contribution in [2.75, 3.05) is 37.0 Å². The number of carbonyl (C=O) groups is 4. The van der Waals surface area contributed by atoms with E-state index in [-0.39, 0.29) is 18.1 Å². The van der Waals surface area contributed by atoms with Gasteiger partial charge in [-0.1, -0.05) is 18.2 Å². The van der Waals surface area contributed by atoms with Crippen molar-refractivity contribution in [3.63, 3.8) is 0 Å². The van der Waals surface area contributed by atoms with Gasteiger partial charge in [-0.05, 0) is 91.0 Å². The van der Waals surface area contributed by atoms with Crippen LogP contribution in [-0.4, -0.2) is 77.3 Å². The van der Waals surface area contributed by atoms with Crippen LogP contribution in [-0.2, 0) is 25.6 Å². The number of rotatable bonds is 17. The topological polar surface area (TPSA) is 181 Å². The Bertz CT molecular complexity index is 1680. The first-order chi connectivity index (χ1) is 24.0. The summed E-state index contributed by atoms with van der Waals surface area (Å²) in [7, 11) is 0. The van der Waals surface area contributed by atoms with Crippen LogP contribution in [0.5, 0.6) is 11.5 Å². The normalized spacial score (nSPS) is 18.0. The lowest BCUT2D eigenvalue weighted by atomic mass is 9.92. The van der Waals surface area contributed by atoms with Gasteiger partial charge in [0, 0.05) is 17.9 Å². The minimum atomic E-state index is -1.22. The van der Waals surface area contributed by atoms with E-state index in [0.717, 1.165) is 28.9 Å². The number of aliphatic hydroxyl groups excluding tert-OH is 1. The minimum absolute atomic E-state index is 0.173. The van der Waals surface area contributed by atoms with E-state index in [9.17, 15) is 33.8 Å². The molecule has 12 nitrogen and oxygen atoms in total. The number of β-lactam (4-membered cyclic amide) rings is 1. The summed E-state index contributed by atoms with van der Waals surface area (Å²) in [5.41, 5.74) is 8.47. The quantitative estimate of drug-likeness (QED) is 0.104. The van der Waals surface area contributed by atoms with Crippen LogP contribution in [0, 0.1) is 5.82 Å². The summed E-state index contributed by atoms with van der Waals surface area (Å²) < 4.78 is 32.7. The van der Waals surface area contributed by atoms with Gasteiger partial charge in [0.15, 0.2) is 8.02 Å². The SMILES string of the molecule is [2H]N(CC(=O)N[C@@H](CCCCN)C(=O)O)C(=O)COc1ccc([C@@H]2[C@@H](SCC(O)c3ccc4c(c3)CCO4)C(=O)N2c2ccc(F)cc2)cc1. The molecule has 6 N–H and O–H groups in total. The summed E-state index contributed by atoms with van der Waals surface area (Å²) in [4.78, 5) is 51.2. The Labute approximate surface area is 288 Å². The average molecular weight is 696 g/mol. The van der Waals surface area contributed by atoms with E-state index >= 15 is 0 Å². The minimum Gasteiger partial charge on any atom is -0.493 e. The fourth-order valence-corrected chi connectivity index (χ4v) is 6.94. The smallest absolute Gasteiger partial charge is 0.326 e. The van der Waals surface area contributed by atoms with Crippen molar-refractivity contribution in [2.45, 2.75) is 49.1 Å². The van der Waals surface area contributed by atoms with E-state index in [2.05, 4.69) is 5.32 Å². The molecule has 3 amide bonds. The Morgan fingerprint density at radius 3 is 2.57 bits per heavy atom.